The molecular formula is C19H30NO3S+. The number of phenolic OH excluding ortho intramolecular Hbond substituents is 1. The maximum atomic E-state index is 11.6. The van der Waals surface area contributed by atoms with Crippen molar-refractivity contribution in [1.82, 2.24) is 0 Å². The molecule has 2 unspecified atom stereocenters. The van der Waals surface area contributed by atoms with Crippen LogP contribution in [0.4, 0.5) is 0 Å². The number of carbonyl (C=O) groups excluding carboxylic acids is 1. The lowest BCUT2D eigenvalue weighted by atomic mass is 9.63. The maximum Gasteiger partial charge on any atom is 0.306 e. The van der Waals surface area contributed by atoms with E-state index in [-0.39, 0.29) is 17.4 Å². The van der Waals surface area contributed by atoms with Crippen LogP contribution in [0.3, 0.4) is 0 Å². The molecule has 24 heavy (non-hydrogen) atoms. The molecule has 0 heterocycles. The SMILES string of the molecule is CCOC(=O)CCSC1Cc2ccc(O)cc2C(CC)(CC)C1[NH3+]. The molecule has 0 spiro atoms. The Balaban J connectivity index is 2.18. The van der Waals surface area contributed by atoms with Crippen molar-refractivity contribution in [3.05, 3.63) is 29.3 Å². The highest BCUT2D eigenvalue weighted by Gasteiger charge is 2.47. The van der Waals surface area contributed by atoms with E-state index in [1.165, 1.54) is 11.1 Å². The van der Waals surface area contributed by atoms with Crippen LogP contribution in [0.15, 0.2) is 18.2 Å². The first-order valence-electron chi connectivity index (χ1n) is 8.91. The fourth-order valence-corrected chi connectivity index (χ4v) is 5.36. The monoisotopic (exact) mass is 352 g/mol. The number of benzene rings is 1. The van der Waals surface area contributed by atoms with Gasteiger partial charge in [-0.25, -0.2) is 0 Å². The number of ether oxygens (including phenoxy) is 1. The molecule has 1 aliphatic rings. The summed E-state index contributed by atoms with van der Waals surface area (Å²) in [6, 6.07) is 6.02. The van der Waals surface area contributed by atoms with Gasteiger partial charge in [-0.3, -0.25) is 4.79 Å². The van der Waals surface area contributed by atoms with E-state index in [4.69, 9.17) is 4.74 Å². The topological polar surface area (TPSA) is 74.2 Å². The highest BCUT2D eigenvalue weighted by Crippen LogP contribution is 2.45. The zero-order valence-corrected chi connectivity index (χ0v) is 15.8. The first-order valence-corrected chi connectivity index (χ1v) is 9.96. The zero-order valence-electron chi connectivity index (χ0n) is 15.0. The number of hydrogen-bond donors (Lipinski definition) is 2. The lowest BCUT2D eigenvalue weighted by Gasteiger charge is -2.44. The van der Waals surface area contributed by atoms with Crippen molar-refractivity contribution in [3.8, 4) is 5.75 Å². The Hall–Kier alpha value is -1.20. The van der Waals surface area contributed by atoms with E-state index in [1.54, 1.807) is 6.07 Å². The number of hydrogen-bond acceptors (Lipinski definition) is 4. The molecule has 0 amide bonds. The molecule has 134 valence electrons. The highest BCUT2D eigenvalue weighted by atomic mass is 32.2. The Labute approximate surface area is 149 Å². The van der Waals surface area contributed by atoms with Crippen molar-refractivity contribution in [2.24, 2.45) is 0 Å². The third-order valence-electron chi connectivity index (χ3n) is 5.41. The van der Waals surface area contributed by atoms with Crippen LogP contribution in [0.5, 0.6) is 5.75 Å². The predicted octanol–water partition coefficient (Wildman–Crippen LogP) is 2.67. The third-order valence-corrected chi connectivity index (χ3v) is 6.78. The minimum absolute atomic E-state index is 0.00603. The molecule has 4 N–H and O–H groups in total. The Kier molecular flexibility index (Phi) is 6.58. The summed E-state index contributed by atoms with van der Waals surface area (Å²) in [5, 5.41) is 10.3. The van der Waals surface area contributed by atoms with Crippen LogP contribution in [0.1, 0.15) is 51.2 Å². The van der Waals surface area contributed by atoms with Gasteiger partial charge in [-0.15, -0.1) is 0 Å². The summed E-state index contributed by atoms with van der Waals surface area (Å²) in [5.74, 6) is 0.983. The summed E-state index contributed by atoms with van der Waals surface area (Å²) in [5.41, 5.74) is 7.08. The van der Waals surface area contributed by atoms with Gasteiger partial charge in [0.1, 0.15) is 11.8 Å². The number of phenols is 1. The molecule has 2 atom stereocenters. The molecule has 1 aromatic rings. The van der Waals surface area contributed by atoms with Crippen molar-refractivity contribution in [3.63, 3.8) is 0 Å². The van der Waals surface area contributed by atoms with Crippen LogP contribution in [0.25, 0.3) is 0 Å². The molecule has 0 aromatic heterocycles. The molecule has 0 aliphatic heterocycles. The molecule has 5 heteroatoms. The minimum atomic E-state index is -0.121. The van der Waals surface area contributed by atoms with Gasteiger partial charge in [0.25, 0.3) is 0 Å². The van der Waals surface area contributed by atoms with E-state index < -0.39 is 0 Å². The standard InChI is InChI=1S/C19H29NO3S/c1-4-19(5-2)15-12-14(21)8-7-13(15)11-16(18(19)20)24-10-9-17(22)23-6-3/h7-8,12,16,18,21H,4-6,9-11,20H2,1-3H3/p+1. The summed E-state index contributed by atoms with van der Waals surface area (Å²) >= 11 is 1.83. The maximum absolute atomic E-state index is 11.6. The van der Waals surface area contributed by atoms with Gasteiger partial charge >= 0.3 is 5.97 Å². The Morgan fingerprint density at radius 2 is 2.08 bits per heavy atom. The molecule has 2 rings (SSSR count). The molecule has 4 nitrogen and oxygen atoms in total. The number of esters is 1. The number of quaternary nitrogens is 1. The Morgan fingerprint density at radius 1 is 1.38 bits per heavy atom. The number of rotatable bonds is 7. The first kappa shape index (κ1) is 19.1. The highest BCUT2D eigenvalue weighted by molar-refractivity contribution is 7.99. The van der Waals surface area contributed by atoms with Gasteiger partial charge in [-0.1, -0.05) is 19.9 Å². The number of carbonyl (C=O) groups is 1. The lowest BCUT2D eigenvalue weighted by Crippen LogP contribution is -2.75. The van der Waals surface area contributed by atoms with E-state index in [0.717, 1.165) is 25.0 Å². The van der Waals surface area contributed by atoms with E-state index in [9.17, 15) is 9.90 Å². The van der Waals surface area contributed by atoms with Gasteiger partial charge in [0, 0.05) is 11.2 Å². The molecule has 0 fully saturated rings. The fourth-order valence-electron chi connectivity index (χ4n) is 3.98. The van der Waals surface area contributed by atoms with Gasteiger partial charge < -0.3 is 15.6 Å². The van der Waals surface area contributed by atoms with Crippen LogP contribution in [0.2, 0.25) is 0 Å². The largest absolute Gasteiger partial charge is 0.508 e. The average molecular weight is 353 g/mol. The van der Waals surface area contributed by atoms with E-state index in [0.29, 0.717) is 24.0 Å². The predicted molar refractivity (Wildman–Crippen MR) is 98.2 cm³/mol. The molecule has 1 aliphatic carbocycles. The van der Waals surface area contributed by atoms with E-state index >= 15 is 0 Å². The van der Waals surface area contributed by atoms with Gasteiger partial charge in [0.05, 0.1) is 18.3 Å². The summed E-state index contributed by atoms with van der Waals surface area (Å²) in [6.07, 6.45) is 3.40. The second-order valence-electron chi connectivity index (χ2n) is 6.48. The summed E-state index contributed by atoms with van der Waals surface area (Å²) in [7, 11) is 0. The second-order valence-corrected chi connectivity index (χ2v) is 7.83. The summed E-state index contributed by atoms with van der Waals surface area (Å²) < 4.78 is 5.02. The molecular weight excluding hydrogens is 322 g/mol. The zero-order chi connectivity index (χ0) is 17.7. The summed E-state index contributed by atoms with van der Waals surface area (Å²) in [4.78, 5) is 11.6. The molecule has 1 aromatic carbocycles. The van der Waals surface area contributed by atoms with Gasteiger partial charge in [-0.05, 0) is 49.4 Å². The Morgan fingerprint density at radius 3 is 2.71 bits per heavy atom. The Bertz CT molecular complexity index is 572. The van der Waals surface area contributed by atoms with Crippen LogP contribution in [-0.2, 0) is 21.4 Å². The van der Waals surface area contributed by atoms with E-state index in [1.807, 2.05) is 24.8 Å². The molecule has 0 bridgehead atoms. The van der Waals surface area contributed by atoms with Crippen LogP contribution in [0, 0.1) is 0 Å². The van der Waals surface area contributed by atoms with E-state index in [2.05, 4.69) is 25.6 Å². The van der Waals surface area contributed by atoms with Crippen molar-refractivity contribution in [2.75, 3.05) is 12.4 Å². The summed E-state index contributed by atoms with van der Waals surface area (Å²) in [6.45, 7) is 6.69. The number of fused-ring (bicyclic) bond motifs is 1. The quantitative estimate of drug-likeness (QED) is 0.740. The average Bonchev–Trinajstić information content (AvgIpc) is 2.57. The molecule has 0 saturated heterocycles. The van der Waals surface area contributed by atoms with Crippen molar-refractivity contribution in [2.45, 2.75) is 63.2 Å². The number of thioether (sulfide) groups is 1. The third kappa shape index (κ3) is 3.72. The normalized spacial score (nSPS) is 22.0. The van der Waals surface area contributed by atoms with Gasteiger partial charge in [0.2, 0.25) is 0 Å². The van der Waals surface area contributed by atoms with Crippen molar-refractivity contribution < 1.29 is 20.4 Å². The first-order chi connectivity index (χ1) is 11.5. The fraction of sp³-hybridized carbons (Fsp3) is 0.632. The molecule has 0 saturated carbocycles. The second kappa shape index (κ2) is 8.26. The molecule has 0 radical (unpaired) electrons. The van der Waals surface area contributed by atoms with Crippen LogP contribution < -0.4 is 5.73 Å². The van der Waals surface area contributed by atoms with Crippen LogP contribution in [-0.4, -0.2) is 34.7 Å². The van der Waals surface area contributed by atoms with Crippen molar-refractivity contribution >= 4 is 17.7 Å². The van der Waals surface area contributed by atoms with Crippen molar-refractivity contribution in [1.29, 1.82) is 0 Å². The smallest absolute Gasteiger partial charge is 0.306 e. The lowest BCUT2D eigenvalue weighted by molar-refractivity contribution is -0.439. The number of aromatic hydroxyl groups is 1. The van der Waals surface area contributed by atoms with Gasteiger partial charge in [0.15, 0.2) is 0 Å². The van der Waals surface area contributed by atoms with Crippen LogP contribution >= 0.6 is 11.8 Å². The minimum Gasteiger partial charge on any atom is -0.508 e. The van der Waals surface area contributed by atoms with Gasteiger partial charge in [-0.2, -0.15) is 11.8 Å².